The predicted octanol–water partition coefficient (Wildman–Crippen LogP) is 2.72. The first kappa shape index (κ1) is 18.9. The van der Waals surface area contributed by atoms with E-state index < -0.39 is 10.0 Å². The standard InChI is InChI=1S/C17H23N5O2S2/c1-5-9-22-15-7-6-13(26(23,24)20(2)3)11-14(15)19-16(22)12-25-17-18-8-10-21(17)4/h6-8,10-11H,5,9,12H2,1-4H3. The van der Waals surface area contributed by atoms with Gasteiger partial charge in [-0.05, 0) is 24.6 Å². The molecule has 9 heteroatoms. The number of hydrogen-bond acceptors (Lipinski definition) is 5. The van der Waals surface area contributed by atoms with Gasteiger partial charge in [0.15, 0.2) is 5.16 Å². The molecular weight excluding hydrogens is 370 g/mol. The van der Waals surface area contributed by atoms with Crippen molar-refractivity contribution >= 4 is 32.8 Å². The van der Waals surface area contributed by atoms with E-state index in [1.807, 2.05) is 23.9 Å². The summed E-state index contributed by atoms with van der Waals surface area (Å²) in [6.07, 6.45) is 4.66. The van der Waals surface area contributed by atoms with Crippen LogP contribution in [0, 0.1) is 0 Å². The molecule has 3 rings (SSSR count). The van der Waals surface area contributed by atoms with Crippen LogP contribution in [-0.4, -0.2) is 45.9 Å². The molecule has 1 aromatic carbocycles. The van der Waals surface area contributed by atoms with E-state index in [-0.39, 0.29) is 4.90 Å². The van der Waals surface area contributed by atoms with Gasteiger partial charge in [0.25, 0.3) is 0 Å². The Morgan fingerprint density at radius 3 is 2.65 bits per heavy atom. The summed E-state index contributed by atoms with van der Waals surface area (Å²) in [6.45, 7) is 2.96. The SMILES string of the molecule is CCCn1c(CSc2nccn2C)nc2cc(S(=O)(=O)N(C)C)ccc21. The Kier molecular flexibility index (Phi) is 5.40. The van der Waals surface area contributed by atoms with Gasteiger partial charge in [0, 0.05) is 40.1 Å². The van der Waals surface area contributed by atoms with Gasteiger partial charge in [-0.2, -0.15) is 0 Å². The van der Waals surface area contributed by atoms with Crippen LogP contribution in [0.2, 0.25) is 0 Å². The summed E-state index contributed by atoms with van der Waals surface area (Å²) in [6, 6.07) is 5.16. The molecule has 0 spiro atoms. The van der Waals surface area contributed by atoms with Crippen molar-refractivity contribution < 1.29 is 8.42 Å². The van der Waals surface area contributed by atoms with Crippen LogP contribution in [0.1, 0.15) is 19.2 Å². The number of sulfonamides is 1. The first-order valence-electron chi connectivity index (χ1n) is 8.36. The highest BCUT2D eigenvalue weighted by Gasteiger charge is 2.19. The summed E-state index contributed by atoms with van der Waals surface area (Å²) in [7, 11) is 1.55. The first-order valence-corrected chi connectivity index (χ1v) is 10.8. The maximum absolute atomic E-state index is 12.4. The van der Waals surface area contributed by atoms with Crippen LogP contribution in [0.15, 0.2) is 40.6 Å². The highest BCUT2D eigenvalue weighted by atomic mass is 32.2. The lowest BCUT2D eigenvalue weighted by molar-refractivity contribution is 0.521. The Balaban J connectivity index is 2.00. The second-order valence-electron chi connectivity index (χ2n) is 6.23. The van der Waals surface area contributed by atoms with E-state index in [4.69, 9.17) is 4.98 Å². The second kappa shape index (κ2) is 7.42. The number of benzene rings is 1. The monoisotopic (exact) mass is 393 g/mol. The number of aromatic nitrogens is 4. The third-order valence-electron chi connectivity index (χ3n) is 4.13. The molecule has 0 aliphatic carbocycles. The maximum Gasteiger partial charge on any atom is 0.242 e. The van der Waals surface area contributed by atoms with E-state index in [2.05, 4.69) is 16.5 Å². The molecule has 0 fully saturated rings. The van der Waals surface area contributed by atoms with E-state index in [9.17, 15) is 8.42 Å². The number of fused-ring (bicyclic) bond motifs is 1. The van der Waals surface area contributed by atoms with Crippen molar-refractivity contribution in [3.05, 3.63) is 36.4 Å². The molecule has 0 aliphatic rings. The summed E-state index contributed by atoms with van der Waals surface area (Å²) >= 11 is 1.62. The number of aryl methyl sites for hydroxylation is 2. The molecule has 7 nitrogen and oxygen atoms in total. The number of rotatable bonds is 7. The summed E-state index contributed by atoms with van der Waals surface area (Å²) in [5, 5.41) is 0.927. The van der Waals surface area contributed by atoms with Gasteiger partial charge in [-0.25, -0.2) is 22.7 Å². The summed E-state index contributed by atoms with van der Waals surface area (Å²) in [4.78, 5) is 9.31. The van der Waals surface area contributed by atoms with Crippen molar-refractivity contribution in [2.24, 2.45) is 7.05 Å². The Hall–Kier alpha value is -1.84. The number of thioether (sulfide) groups is 1. The molecule has 3 aromatic rings. The Labute approximate surface area is 158 Å². The maximum atomic E-state index is 12.4. The number of nitrogens with zero attached hydrogens (tertiary/aromatic N) is 5. The third kappa shape index (κ3) is 3.51. The van der Waals surface area contributed by atoms with Gasteiger partial charge in [-0.3, -0.25) is 0 Å². The largest absolute Gasteiger partial charge is 0.329 e. The molecule has 0 N–H and O–H groups in total. The molecule has 0 bridgehead atoms. The summed E-state index contributed by atoms with van der Waals surface area (Å²) < 4.78 is 30.1. The first-order chi connectivity index (χ1) is 12.3. The predicted molar refractivity (Wildman–Crippen MR) is 104 cm³/mol. The fourth-order valence-electron chi connectivity index (χ4n) is 2.73. The lowest BCUT2D eigenvalue weighted by Gasteiger charge is -2.11. The lowest BCUT2D eigenvalue weighted by atomic mass is 10.3. The van der Waals surface area contributed by atoms with Gasteiger partial charge in [0.2, 0.25) is 10.0 Å². The van der Waals surface area contributed by atoms with Crippen molar-refractivity contribution in [1.82, 2.24) is 23.4 Å². The van der Waals surface area contributed by atoms with E-state index >= 15 is 0 Å². The van der Waals surface area contributed by atoms with E-state index in [1.165, 1.54) is 18.4 Å². The van der Waals surface area contributed by atoms with Gasteiger partial charge >= 0.3 is 0 Å². The van der Waals surface area contributed by atoms with Gasteiger partial charge in [-0.1, -0.05) is 18.7 Å². The van der Waals surface area contributed by atoms with Crippen molar-refractivity contribution in [3.63, 3.8) is 0 Å². The molecule has 0 saturated carbocycles. The average molecular weight is 394 g/mol. The van der Waals surface area contributed by atoms with Gasteiger partial charge in [0.05, 0.1) is 21.7 Å². The van der Waals surface area contributed by atoms with Gasteiger partial charge in [-0.15, -0.1) is 0 Å². The molecule has 26 heavy (non-hydrogen) atoms. The smallest absolute Gasteiger partial charge is 0.242 e. The molecule has 140 valence electrons. The Morgan fingerprint density at radius 1 is 1.27 bits per heavy atom. The highest BCUT2D eigenvalue weighted by molar-refractivity contribution is 7.98. The van der Waals surface area contributed by atoms with E-state index in [0.717, 1.165) is 29.5 Å². The minimum atomic E-state index is -3.47. The zero-order valence-electron chi connectivity index (χ0n) is 15.4. The summed E-state index contributed by atoms with van der Waals surface area (Å²) in [5.74, 6) is 1.60. The molecule has 0 radical (unpaired) electrons. The van der Waals surface area contributed by atoms with Crippen LogP contribution < -0.4 is 0 Å². The quantitative estimate of drug-likeness (QED) is 0.577. The lowest BCUT2D eigenvalue weighted by Crippen LogP contribution is -2.22. The van der Waals surface area contributed by atoms with E-state index in [1.54, 1.807) is 30.1 Å². The van der Waals surface area contributed by atoms with E-state index in [0.29, 0.717) is 11.3 Å². The van der Waals surface area contributed by atoms with Crippen LogP contribution in [0.5, 0.6) is 0 Å². The molecular formula is C17H23N5O2S2. The van der Waals surface area contributed by atoms with Crippen molar-refractivity contribution in [2.75, 3.05) is 14.1 Å². The Morgan fingerprint density at radius 2 is 2.04 bits per heavy atom. The highest BCUT2D eigenvalue weighted by Crippen LogP contribution is 2.26. The van der Waals surface area contributed by atoms with Crippen molar-refractivity contribution in [3.8, 4) is 0 Å². The second-order valence-corrected chi connectivity index (χ2v) is 9.32. The topological polar surface area (TPSA) is 73.0 Å². The molecule has 0 atom stereocenters. The van der Waals surface area contributed by atoms with Crippen LogP contribution in [0.25, 0.3) is 11.0 Å². The molecule has 0 aliphatic heterocycles. The van der Waals surface area contributed by atoms with Crippen molar-refractivity contribution in [1.29, 1.82) is 0 Å². The van der Waals surface area contributed by atoms with Gasteiger partial charge in [0.1, 0.15) is 5.82 Å². The molecule has 0 unspecified atom stereocenters. The number of imidazole rings is 2. The number of hydrogen-bond donors (Lipinski definition) is 0. The average Bonchev–Trinajstić information content (AvgIpc) is 3.16. The fraction of sp³-hybridized carbons (Fsp3) is 0.412. The third-order valence-corrected chi connectivity index (χ3v) is 7.00. The van der Waals surface area contributed by atoms with Crippen LogP contribution in [0.3, 0.4) is 0 Å². The molecule has 2 aromatic heterocycles. The van der Waals surface area contributed by atoms with Gasteiger partial charge < -0.3 is 9.13 Å². The molecule has 0 amide bonds. The van der Waals surface area contributed by atoms with Crippen LogP contribution in [-0.2, 0) is 29.4 Å². The molecule has 2 heterocycles. The normalized spacial score (nSPS) is 12.3. The van der Waals surface area contributed by atoms with Crippen LogP contribution in [0.4, 0.5) is 0 Å². The summed E-state index contributed by atoms with van der Waals surface area (Å²) in [5.41, 5.74) is 1.66. The van der Waals surface area contributed by atoms with Crippen LogP contribution >= 0.6 is 11.8 Å². The fourth-order valence-corrected chi connectivity index (χ4v) is 4.53. The zero-order valence-corrected chi connectivity index (χ0v) is 17.0. The minimum absolute atomic E-state index is 0.263. The zero-order chi connectivity index (χ0) is 18.9. The molecule has 0 saturated heterocycles. The van der Waals surface area contributed by atoms with Crippen molar-refractivity contribution in [2.45, 2.75) is 35.7 Å². The Bertz CT molecular complexity index is 1020. The minimum Gasteiger partial charge on any atom is -0.329 e.